The molecule has 2 fully saturated rings. The number of hydrogen-bond donors (Lipinski definition) is 1. The Hall–Kier alpha value is -1.69. The molecule has 1 atom stereocenters. The van der Waals surface area contributed by atoms with E-state index in [9.17, 15) is 23.1 Å². The van der Waals surface area contributed by atoms with E-state index in [2.05, 4.69) is 16.8 Å². The molecule has 178 valence electrons. The first-order valence-electron chi connectivity index (χ1n) is 10.9. The molecule has 2 aliphatic heterocycles. The molecule has 9 heteroatoms. The number of nitrogens with zero attached hydrogens (tertiary/aromatic N) is 3. The van der Waals surface area contributed by atoms with Crippen LogP contribution in [0.4, 0.5) is 13.2 Å². The number of carbonyl (C=O) groups is 1. The molecule has 33 heavy (non-hydrogen) atoms. The van der Waals surface area contributed by atoms with Gasteiger partial charge in [-0.2, -0.15) is 0 Å². The number of likely N-dealkylation sites (tertiary alicyclic amines) is 2. The zero-order valence-electron chi connectivity index (χ0n) is 18.6. The van der Waals surface area contributed by atoms with E-state index in [1.165, 1.54) is 23.1 Å². The number of hydrogen-bond acceptors (Lipinski definition) is 4. The molecule has 1 N–H and O–H groups in total. The van der Waals surface area contributed by atoms with Gasteiger partial charge in [0.15, 0.2) is 11.6 Å². The summed E-state index contributed by atoms with van der Waals surface area (Å²) in [6, 6.07) is 6.99. The topological polar surface area (TPSA) is 47.0 Å². The summed E-state index contributed by atoms with van der Waals surface area (Å²) < 4.78 is 43.7. The van der Waals surface area contributed by atoms with Crippen molar-refractivity contribution in [3.63, 3.8) is 0 Å². The van der Waals surface area contributed by atoms with Crippen molar-refractivity contribution in [3.05, 3.63) is 68.0 Å². The molecular weight excluding hydrogens is 546 g/mol. The summed E-state index contributed by atoms with van der Waals surface area (Å²) in [4.78, 5) is 18.9. The predicted octanol–water partition coefficient (Wildman–Crippen LogP) is 3.12. The molecule has 0 bridgehead atoms. The third-order valence-electron chi connectivity index (χ3n) is 6.60. The van der Waals surface area contributed by atoms with E-state index in [4.69, 9.17) is 0 Å². The maximum atomic E-state index is 14.7. The molecule has 0 spiro atoms. The molecule has 5 nitrogen and oxygen atoms in total. The molecule has 2 aromatic carbocycles. The first kappa shape index (κ1) is 24.4. The molecule has 1 amide bonds. The number of carbonyl (C=O) groups excluding carboxylic acids is 1. The van der Waals surface area contributed by atoms with Crippen molar-refractivity contribution in [1.29, 1.82) is 0 Å². The van der Waals surface area contributed by atoms with E-state index in [0.29, 0.717) is 16.2 Å². The third kappa shape index (κ3) is 5.21. The van der Waals surface area contributed by atoms with Gasteiger partial charge in [-0.3, -0.25) is 9.69 Å². The van der Waals surface area contributed by atoms with Crippen LogP contribution in [0.3, 0.4) is 0 Å². The van der Waals surface area contributed by atoms with E-state index < -0.39 is 29.0 Å². The van der Waals surface area contributed by atoms with Gasteiger partial charge in [-0.05, 0) is 79.5 Å². The van der Waals surface area contributed by atoms with Crippen LogP contribution in [-0.4, -0.2) is 84.2 Å². The van der Waals surface area contributed by atoms with Crippen molar-refractivity contribution in [1.82, 2.24) is 14.7 Å². The minimum Gasteiger partial charge on any atom is -0.385 e. The van der Waals surface area contributed by atoms with Gasteiger partial charge in [0.25, 0.3) is 5.91 Å². The van der Waals surface area contributed by atoms with Crippen molar-refractivity contribution >= 4 is 28.5 Å². The summed E-state index contributed by atoms with van der Waals surface area (Å²) in [7, 11) is 4.03. The van der Waals surface area contributed by atoms with Gasteiger partial charge in [-0.1, -0.05) is 6.07 Å². The molecule has 0 radical (unpaired) electrons. The van der Waals surface area contributed by atoms with Crippen molar-refractivity contribution in [2.24, 2.45) is 0 Å². The van der Waals surface area contributed by atoms with E-state index in [-0.39, 0.29) is 36.2 Å². The quantitative estimate of drug-likeness (QED) is 0.540. The van der Waals surface area contributed by atoms with Crippen LogP contribution in [0.15, 0.2) is 30.3 Å². The Morgan fingerprint density at radius 3 is 2.58 bits per heavy atom. The van der Waals surface area contributed by atoms with Gasteiger partial charge in [0, 0.05) is 40.2 Å². The second-order valence-electron chi connectivity index (χ2n) is 9.31. The van der Waals surface area contributed by atoms with Crippen LogP contribution in [0.2, 0.25) is 0 Å². The summed E-state index contributed by atoms with van der Waals surface area (Å²) in [6.07, 6.45) is 0.780. The van der Waals surface area contributed by atoms with Crippen LogP contribution < -0.4 is 0 Å². The minimum absolute atomic E-state index is 0.0142. The van der Waals surface area contributed by atoms with Gasteiger partial charge in [0.2, 0.25) is 0 Å². The Morgan fingerprint density at radius 1 is 1.21 bits per heavy atom. The molecule has 4 rings (SSSR count). The van der Waals surface area contributed by atoms with Gasteiger partial charge in [0.1, 0.15) is 11.4 Å². The van der Waals surface area contributed by atoms with E-state index >= 15 is 0 Å². The Labute approximate surface area is 205 Å². The first-order valence-corrected chi connectivity index (χ1v) is 12.0. The average Bonchev–Trinajstić information content (AvgIpc) is 3.17. The van der Waals surface area contributed by atoms with Gasteiger partial charge in [-0.15, -0.1) is 0 Å². The first-order chi connectivity index (χ1) is 15.6. The van der Waals surface area contributed by atoms with Gasteiger partial charge in [-0.25, -0.2) is 13.2 Å². The maximum Gasteiger partial charge on any atom is 0.254 e. The van der Waals surface area contributed by atoms with Crippen molar-refractivity contribution in [2.45, 2.75) is 24.5 Å². The summed E-state index contributed by atoms with van der Waals surface area (Å²) in [5, 5.41) is 10.9. The lowest BCUT2D eigenvalue weighted by atomic mass is 9.90. The van der Waals surface area contributed by atoms with Gasteiger partial charge < -0.3 is 14.9 Å². The normalized spacial score (nSPS) is 20.4. The predicted molar refractivity (Wildman–Crippen MR) is 128 cm³/mol. The molecular formula is C24H27F3IN3O2. The molecule has 1 unspecified atom stereocenters. The highest BCUT2D eigenvalue weighted by atomic mass is 127. The standard InChI is InChI=1S/C24H27F3IN3O2/c1-29-8-7-17(11-29)30(2)12-24(33)13-31(14-24)23(32)18-5-6-20(25)22(27)19(18)9-15-3-4-16(28)10-21(15)26/h3-6,10,17,33H,7-9,11-14H2,1-2H3. The average molecular weight is 573 g/mol. The summed E-state index contributed by atoms with van der Waals surface area (Å²) in [6.45, 7) is 2.58. The van der Waals surface area contributed by atoms with Gasteiger partial charge in [0.05, 0.1) is 13.1 Å². The lowest BCUT2D eigenvalue weighted by Crippen LogP contribution is -2.68. The molecule has 2 aliphatic rings. The number of halogens is 4. The van der Waals surface area contributed by atoms with Crippen molar-refractivity contribution in [2.75, 3.05) is 46.8 Å². The Kier molecular flexibility index (Phi) is 7.05. The fourth-order valence-electron chi connectivity index (χ4n) is 4.76. The third-order valence-corrected chi connectivity index (χ3v) is 7.27. The number of benzene rings is 2. The Morgan fingerprint density at radius 2 is 1.94 bits per heavy atom. The minimum atomic E-state index is -1.15. The second kappa shape index (κ2) is 9.52. The summed E-state index contributed by atoms with van der Waals surface area (Å²) in [5.74, 6) is -3.28. The zero-order chi connectivity index (χ0) is 23.9. The SMILES string of the molecule is CN1CCC(N(C)CC2(O)CN(C(=O)c3ccc(F)c(F)c3Cc3ccc(I)cc3F)C2)C1. The number of aliphatic hydroxyl groups is 1. The largest absolute Gasteiger partial charge is 0.385 e. The number of likely N-dealkylation sites (N-methyl/N-ethyl adjacent to an activating group) is 2. The Balaban J connectivity index is 1.48. The monoisotopic (exact) mass is 573 g/mol. The highest BCUT2D eigenvalue weighted by Gasteiger charge is 2.46. The van der Waals surface area contributed by atoms with E-state index in [1.807, 2.05) is 29.6 Å². The van der Waals surface area contributed by atoms with Crippen LogP contribution in [0.25, 0.3) is 0 Å². The maximum absolute atomic E-state index is 14.7. The van der Waals surface area contributed by atoms with Gasteiger partial charge >= 0.3 is 0 Å². The number of β-amino-alcohol motifs (C(OH)–C–C–N with tert-alkyl or cyclic N) is 1. The molecule has 0 aliphatic carbocycles. The highest BCUT2D eigenvalue weighted by Crippen LogP contribution is 2.29. The fourth-order valence-corrected chi connectivity index (χ4v) is 5.22. The molecule has 2 saturated heterocycles. The van der Waals surface area contributed by atoms with E-state index in [1.54, 1.807) is 6.07 Å². The summed E-state index contributed by atoms with van der Waals surface area (Å²) in [5.41, 5.74) is -1.06. The molecule has 2 aromatic rings. The van der Waals surface area contributed by atoms with Crippen LogP contribution in [-0.2, 0) is 6.42 Å². The van der Waals surface area contributed by atoms with Crippen LogP contribution in [0, 0.1) is 21.0 Å². The number of rotatable bonds is 6. The molecule has 0 saturated carbocycles. The molecule has 0 aromatic heterocycles. The van der Waals surface area contributed by atoms with E-state index in [0.717, 1.165) is 25.6 Å². The highest BCUT2D eigenvalue weighted by molar-refractivity contribution is 14.1. The van der Waals surface area contributed by atoms with Crippen LogP contribution in [0.5, 0.6) is 0 Å². The lowest BCUT2D eigenvalue weighted by Gasteiger charge is -2.48. The molecule has 2 heterocycles. The zero-order valence-corrected chi connectivity index (χ0v) is 20.8. The fraction of sp³-hybridized carbons (Fsp3) is 0.458. The van der Waals surface area contributed by atoms with Crippen molar-refractivity contribution < 1.29 is 23.1 Å². The summed E-state index contributed by atoms with van der Waals surface area (Å²) >= 11 is 1.96. The second-order valence-corrected chi connectivity index (χ2v) is 10.6. The lowest BCUT2D eigenvalue weighted by molar-refractivity contribution is -0.0986. The van der Waals surface area contributed by atoms with Crippen LogP contribution >= 0.6 is 22.6 Å². The smallest absolute Gasteiger partial charge is 0.254 e. The van der Waals surface area contributed by atoms with Crippen LogP contribution in [0.1, 0.15) is 27.9 Å². The Bertz CT molecular complexity index is 1060. The van der Waals surface area contributed by atoms with Crippen molar-refractivity contribution in [3.8, 4) is 0 Å². The number of amides is 1.